The van der Waals surface area contributed by atoms with Crippen molar-refractivity contribution in [3.05, 3.63) is 23.9 Å². The number of hydrogen-bond donors (Lipinski definition) is 0. The molecule has 0 fully saturated rings. The molecule has 0 aromatic carbocycles. The highest BCUT2D eigenvalue weighted by Gasteiger charge is 2.02. The van der Waals surface area contributed by atoms with Gasteiger partial charge in [-0.3, -0.25) is 4.79 Å². The van der Waals surface area contributed by atoms with Crippen LogP contribution in [0.25, 0.3) is 6.08 Å². The van der Waals surface area contributed by atoms with Gasteiger partial charge in [-0.15, -0.1) is 0 Å². The van der Waals surface area contributed by atoms with E-state index in [9.17, 15) is 4.79 Å². The van der Waals surface area contributed by atoms with Crippen molar-refractivity contribution in [3.63, 3.8) is 0 Å². The summed E-state index contributed by atoms with van der Waals surface area (Å²) in [6, 6.07) is 1.71. The second-order valence-electron chi connectivity index (χ2n) is 2.91. The van der Waals surface area contributed by atoms with Gasteiger partial charge in [0.15, 0.2) is 5.78 Å². The monoisotopic (exact) mass is 207 g/mol. The molecule has 0 radical (unpaired) electrons. The Hall–Kier alpha value is -1.84. The van der Waals surface area contributed by atoms with E-state index >= 15 is 0 Å². The summed E-state index contributed by atoms with van der Waals surface area (Å²) >= 11 is 0. The third-order valence-corrected chi connectivity index (χ3v) is 1.80. The molecular weight excluding hydrogens is 194 g/mol. The molecule has 1 aromatic heterocycles. The zero-order valence-electron chi connectivity index (χ0n) is 8.98. The Morgan fingerprint density at radius 3 is 2.67 bits per heavy atom. The third kappa shape index (κ3) is 3.09. The van der Waals surface area contributed by atoms with Gasteiger partial charge >= 0.3 is 0 Å². The van der Waals surface area contributed by atoms with Gasteiger partial charge in [0.05, 0.1) is 20.4 Å². The van der Waals surface area contributed by atoms with Gasteiger partial charge in [0.2, 0.25) is 5.88 Å². The number of methoxy groups -OCH3 is 2. The summed E-state index contributed by atoms with van der Waals surface area (Å²) in [6.45, 7) is 1.49. The summed E-state index contributed by atoms with van der Waals surface area (Å²) in [5, 5.41) is 0. The van der Waals surface area contributed by atoms with Crippen LogP contribution in [0.3, 0.4) is 0 Å². The zero-order valence-corrected chi connectivity index (χ0v) is 8.98. The molecule has 0 amide bonds. The zero-order chi connectivity index (χ0) is 11.3. The van der Waals surface area contributed by atoms with Crippen molar-refractivity contribution in [2.24, 2.45) is 0 Å². The molecular formula is C11H13NO3. The Morgan fingerprint density at radius 1 is 1.40 bits per heavy atom. The van der Waals surface area contributed by atoms with Crippen LogP contribution in [0.5, 0.6) is 11.6 Å². The molecule has 1 heterocycles. The van der Waals surface area contributed by atoms with Crippen molar-refractivity contribution >= 4 is 11.9 Å². The average Bonchev–Trinajstić information content (AvgIpc) is 2.25. The summed E-state index contributed by atoms with van der Waals surface area (Å²) in [5.41, 5.74) is 0.763. The van der Waals surface area contributed by atoms with Crippen LogP contribution < -0.4 is 9.47 Å². The molecule has 0 unspecified atom stereocenters. The predicted octanol–water partition coefficient (Wildman–Crippen LogP) is 1.70. The summed E-state index contributed by atoms with van der Waals surface area (Å²) in [6.07, 6.45) is 4.70. The smallest absolute Gasteiger partial charge is 0.213 e. The topological polar surface area (TPSA) is 48.4 Å². The molecule has 0 atom stereocenters. The Labute approximate surface area is 88.5 Å². The van der Waals surface area contributed by atoms with Crippen LogP contribution in [0.1, 0.15) is 12.5 Å². The minimum absolute atomic E-state index is 0.0205. The molecule has 0 bridgehead atoms. The van der Waals surface area contributed by atoms with E-state index in [4.69, 9.17) is 9.47 Å². The largest absolute Gasteiger partial charge is 0.495 e. The summed E-state index contributed by atoms with van der Waals surface area (Å²) < 4.78 is 10.1. The van der Waals surface area contributed by atoms with Crippen LogP contribution >= 0.6 is 0 Å². The molecule has 0 aliphatic heterocycles. The number of rotatable bonds is 4. The van der Waals surface area contributed by atoms with Gasteiger partial charge in [0.1, 0.15) is 5.75 Å². The van der Waals surface area contributed by atoms with Gasteiger partial charge in [0, 0.05) is 11.6 Å². The first kappa shape index (κ1) is 11.2. The highest BCUT2D eigenvalue weighted by molar-refractivity contribution is 5.91. The molecule has 4 heteroatoms. The normalized spacial score (nSPS) is 10.3. The van der Waals surface area contributed by atoms with Gasteiger partial charge in [-0.25, -0.2) is 4.98 Å². The standard InChI is InChI=1S/C11H13NO3/c1-8(13)4-5-9-6-11(15-3)12-7-10(9)14-2/h4-7H,1-3H3/b5-4+. The molecule has 0 N–H and O–H groups in total. The lowest BCUT2D eigenvalue weighted by Crippen LogP contribution is -1.92. The molecule has 0 aliphatic carbocycles. The first-order chi connectivity index (χ1) is 7.17. The molecule has 0 saturated carbocycles. The van der Waals surface area contributed by atoms with Crippen molar-refractivity contribution in [1.82, 2.24) is 4.98 Å². The summed E-state index contributed by atoms with van der Waals surface area (Å²) in [4.78, 5) is 14.8. The van der Waals surface area contributed by atoms with Gasteiger partial charge in [-0.05, 0) is 19.1 Å². The van der Waals surface area contributed by atoms with Gasteiger partial charge in [0.25, 0.3) is 0 Å². The number of ether oxygens (including phenoxy) is 2. The molecule has 1 aromatic rings. The summed E-state index contributed by atoms with van der Waals surface area (Å²) in [7, 11) is 3.09. The van der Waals surface area contributed by atoms with E-state index in [1.54, 1.807) is 25.4 Å². The number of ketones is 1. The number of nitrogens with zero attached hydrogens (tertiary/aromatic N) is 1. The molecule has 4 nitrogen and oxygen atoms in total. The Bertz CT molecular complexity index is 385. The number of pyridine rings is 1. The van der Waals surface area contributed by atoms with Crippen molar-refractivity contribution in [1.29, 1.82) is 0 Å². The van der Waals surface area contributed by atoms with E-state index in [0.29, 0.717) is 11.6 Å². The first-order valence-electron chi connectivity index (χ1n) is 4.44. The Morgan fingerprint density at radius 2 is 2.13 bits per heavy atom. The lowest BCUT2D eigenvalue weighted by atomic mass is 10.2. The van der Waals surface area contributed by atoms with Crippen molar-refractivity contribution in [2.75, 3.05) is 14.2 Å². The molecule has 80 valence electrons. The molecule has 0 spiro atoms. The minimum atomic E-state index is -0.0205. The molecule has 1 rings (SSSR count). The van der Waals surface area contributed by atoms with Crippen LogP contribution in [0, 0.1) is 0 Å². The van der Waals surface area contributed by atoms with E-state index in [1.807, 2.05) is 0 Å². The maximum Gasteiger partial charge on any atom is 0.213 e. The number of aromatic nitrogens is 1. The van der Waals surface area contributed by atoms with Crippen molar-refractivity contribution in [2.45, 2.75) is 6.92 Å². The van der Waals surface area contributed by atoms with Crippen molar-refractivity contribution < 1.29 is 14.3 Å². The first-order valence-corrected chi connectivity index (χ1v) is 4.44. The summed E-state index contributed by atoms with van der Waals surface area (Å²) in [5.74, 6) is 1.07. The third-order valence-electron chi connectivity index (χ3n) is 1.80. The Balaban J connectivity index is 3.06. The second kappa shape index (κ2) is 5.14. The molecule has 0 aliphatic rings. The number of allylic oxidation sites excluding steroid dienone is 1. The fourth-order valence-electron chi connectivity index (χ4n) is 1.06. The number of carbonyl (C=O) groups is 1. The van der Waals surface area contributed by atoms with Gasteiger partial charge in [-0.2, -0.15) is 0 Å². The van der Waals surface area contributed by atoms with Crippen LogP contribution in [0.15, 0.2) is 18.3 Å². The van der Waals surface area contributed by atoms with E-state index < -0.39 is 0 Å². The lowest BCUT2D eigenvalue weighted by molar-refractivity contribution is -0.112. The lowest BCUT2D eigenvalue weighted by Gasteiger charge is -2.05. The van der Waals surface area contributed by atoms with Crippen molar-refractivity contribution in [3.8, 4) is 11.6 Å². The quantitative estimate of drug-likeness (QED) is 0.705. The van der Waals surface area contributed by atoms with Crippen LogP contribution in [-0.4, -0.2) is 25.0 Å². The number of carbonyl (C=O) groups excluding carboxylic acids is 1. The minimum Gasteiger partial charge on any atom is -0.495 e. The highest BCUT2D eigenvalue weighted by Crippen LogP contribution is 2.22. The van der Waals surface area contributed by atoms with E-state index in [2.05, 4.69) is 4.98 Å². The average molecular weight is 207 g/mol. The SMILES string of the molecule is COc1cc(/C=C/C(C)=O)c(OC)cn1. The van der Waals surface area contributed by atoms with Gasteiger partial charge < -0.3 is 9.47 Å². The van der Waals surface area contributed by atoms with Crippen LogP contribution in [0.2, 0.25) is 0 Å². The van der Waals surface area contributed by atoms with Gasteiger partial charge in [-0.1, -0.05) is 0 Å². The number of hydrogen-bond acceptors (Lipinski definition) is 4. The Kier molecular flexibility index (Phi) is 3.85. The maximum absolute atomic E-state index is 10.8. The predicted molar refractivity (Wildman–Crippen MR) is 57.1 cm³/mol. The maximum atomic E-state index is 10.8. The fraction of sp³-hybridized carbons (Fsp3) is 0.273. The van der Waals surface area contributed by atoms with E-state index in [-0.39, 0.29) is 5.78 Å². The molecule has 15 heavy (non-hydrogen) atoms. The fourth-order valence-corrected chi connectivity index (χ4v) is 1.06. The molecule has 0 saturated heterocycles. The highest BCUT2D eigenvalue weighted by atomic mass is 16.5. The van der Waals surface area contributed by atoms with Crippen LogP contribution in [-0.2, 0) is 4.79 Å². The van der Waals surface area contributed by atoms with E-state index in [1.165, 1.54) is 20.1 Å². The second-order valence-corrected chi connectivity index (χ2v) is 2.91. The van der Waals surface area contributed by atoms with Crippen LogP contribution in [0.4, 0.5) is 0 Å². The van der Waals surface area contributed by atoms with E-state index in [0.717, 1.165) is 5.56 Å².